The summed E-state index contributed by atoms with van der Waals surface area (Å²) in [5.74, 6) is 0.433. The van der Waals surface area contributed by atoms with E-state index >= 15 is 0 Å². The van der Waals surface area contributed by atoms with Gasteiger partial charge in [0.1, 0.15) is 6.04 Å². The van der Waals surface area contributed by atoms with Gasteiger partial charge in [0, 0.05) is 12.4 Å². The second kappa shape index (κ2) is 3.86. The van der Waals surface area contributed by atoms with Gasteiger partial charge >= 0.3 is 0 Å². The van der Waals surface area contributed by atoms with E-state index in [0.29, 0.717) is 0 Å². The van der Waals surface area contributed by atoms with Gasteiger partial charge in [-0.25, -0.2) is 4.98 Å². The lowest BCUT2D eigenvalue weighted by Crippen LogP contribution is -2.23. The Bertz CT molecular complexity index is 461. The van der Waals surface area contributed by atoms with Crippen molar-refractivity contribution in [3.63, 3.8) is 0 Å². The number of hydrogen-bond donors (Lipinski definition) is 1. The zero-order valence-corrected chi connectivity index (χ0v) is 9.07. The molecule has 1 atom stereocenters. The van der Waals surface area contributed by atoms with Crippen LogP contribution in [-0.2, 0) is 4.79 Å². The van der Waals surface area contributed by atoms with Gasteiger partial charge in [-0.3, -0.25) is 4.79 Å². The summed E-state index contributed by atoms with van der Waals surface area (Å²) in [5.41, 5.74) is 5.27. The molecule has 2 aromatic heterocycles. The van der Waals surface area contributed by atoms with Crippen LogP contribution < -0.4 is 5.73 Å². The van der Waals surface area contributed by atoms with Crippen molar-refractivity contribution in [3.05, 3.63) is 29.9 Å². The van der Waals surface area contributed by atoms with Gasteiger partial charge in [-0.1, -0.05) is 6.07 Å². The first-order chi connectivity index (χ1) is 7.20. The van der Waals surface area contributed by atoms with Crippen LogP contribution in [0, 0.1) is 0 Å². The molecule has 0 saturated heterocycles. The molecule has 1 unspecified atom stereocenters. The third-order valence-electron chi connectivity index (χ3n) is 2.24. The van der Waals surface area contributed by atoms with Crippen LogP contribution in [-0.4, -0.2) is 15.5 Å². The Hall–Kier alpha value is -1.62. The Morgan fingerprint density at radius 3 is 3.07 bits per heavy atom. The van der Waals surface area contributed by atoms with E-state index in [2.05, 4.69) is 4.98 Å². The second-order valence-electron chi connectivity index (χ2n) is 3.21. The molecule has 0 aliphatic rings. The maximum Gasteiger partial charge on any atom is 0.240 e. The van der Waals surface area contributed by atoms with Crippen LogP contribution in [0.2, 0.25) is 0 Å². The van der Waals surface area contributed by atoms with Crippen LogP contribution in [0.1, 0.15) is 13.0 Å². The Morgan fingerprint density at radius 2 is 2.47 bits per heavy atom. The summed E-state index contributed by atoms with van der Waals surface area (Å²) in [5, 5.41) is 1.98. The molecule has 1 amide bonds. The van der Waals surface area contributed by atoms with E-state index < -0.39 is 0 Å². The van der Waals surface area contributed by atoms with E-state index in [4.69, 9.17) is 5.73 Å². The van der Waals surface area contributed by atoms with Crippen LogP contribution in [0.4, 0.5) is 0 Å². The Balaban J connectivity index is 2.43. The molecular weight excluding hydrogens is 210 g/mol. The molecule has 0 spiro atoms. The highest BCUT2D eigenvalue weighted by Crippen LogP contribution is 2.25. The zero-order chi connectivity index (χ0) is 10.8. The average molecular weight is 221 g/mol. The molecule has 0 aromatic carbocycles. The van der Waals surface area contributed by atoms with Gasteiger partial charge in [0.15, 0.2) is 5.82 Å². The number of aromatic nitrogens is 2. The third-order valence-corrected chi connectivity index (χ3v) is 3.11. The number of carbonyl (C=O) groups excluding carboxylic acids is 1. The van der Waals surface area contributed by atoms with Crippen LogP contribution in [0.3, 0.4) is 0 Å². The maximum absolute atomic E-state index is 11.1. The fraction of sp³-hybridized carbons (Fsp3) is 0.200. The molecule has 78 valence electrons. The predicted octanol–water partition coefficient (Wildman–Crippen LogP) is 1.66. The number of imidazole rings is 1. The van der Waals surface area contributed by atoms with Crippen LogP contribution >= 0.6 is 11.3 Å². The van der Waals surface area contributed by atoms with Gasteiger partial charge in [-0.05, 0) is 18.4 Å². The Kier molecular flexibility index (Phi) is 2.55. The molecule has 4 nitrogen and oxygen atoms in total. The van der Waals surface area contributed by atoms with Gasteiger partial charge in [0.25, 0.3) is 0 Å². The maximum atomic E-state index is 11.1. The van der Waals surface area contributed by atoms with Crippen LogP contribution in [0.5, 0.6) is 0 Å². The van der Waals surface area contributed by atoms with Crippen LogP contribution in [0.25, 0.3) is 10.7 Å². The molecular formula is C10H11N3OS. The molecule has 0 bridgehead atoms. The smallest absolute Gasteiger partial charge is 0.240 e. The summed E-state index contributed by atoms with van der Waals surface area (Å²) in [6, 6.07) is 3.55. The summed E-state index contributed by atoms with van der Waals surface area (Å²) < 4.78 is 1.79. The largest absolute Gasteiger partial charge is 0.368 e. The van der Waals surface area contributed by atoms with Crippen molar-refractivity contribution in [1.29, 1.82) is 0 Å². The molecule has 0 radical (unpaired) electrons. The molecule has 2 rings (SSSR count). The molecule has 0 saturated carbocycles. The van der Waals surface area contributed by atoms with E-state index in [-0.39, 0.29) is 11.9 Å². The van der Waals surface area contributed by atoms with E-state index in [9.17, 15) is 4.79 Å². The lowest BCUT2D eigenvalue weighted by Gasteiger charge is -2.11. The Labute approximate surface area is 91.4 Å². The van der Waals surface area contributed by atoms with Crippen molar-refractivity contribution in [3.8, 4) is 10.7 Å². The first kappa shape index (κ1) is 9.92. The van der Waals surface area contributed by atoms with Gasteiger partial charge in [-0.2, -0.15) is 0 Å². The fourth-order valence-electron chi connectivity index (χ4n) is 1.36. The quantitative estimate of drug-likeness (QED) is 0.856. The summed E-state index contributed by atoms with van der Waals surface area (Å²) in [6.07, 6.45) is 3.44. The third kappa shape index (κ3) is 1.78. The standard InChI is InChI=1S/C10H11N3OS/c1-7(9(11)14)13-5-4-12-10(13)8-3-2-6-15-8/h2-7H,1H3,(H2,11,14). The van der Waals surface area contributed by atoms with Crippen molar-refractivity contribution >= 4 is 17.2 Å². The molecule has 5 heteroatoms. The molecule has 15 heavy (non-hydrogen) atoms. The second-order valence-corrected chi connectivity index (χ2v) is 4.16. The summed E-state index contributed by atoms with van der Waals surface area (Å²) in [6.45, 7) is 1.76. The SMILES string of the molecule is CC(C(N)=O)n1ccnc1-c1cccs1. The number of amides is 1. The molecule has 2 N–H and O–H groups in total. The molecule has 2 heterocycles. The van der Waals surface area contributed by atoms with Crippen molar-refractivity contribution in [2.24, 2.45) is 5.73 Å². The van der Waals surface area contributed by atoms with Gasteiger partial charge in [-0.15, -0.1) is 11.3 Å². The molecule has 0 aliphatic carbocycles. The average Bonchev–Trinajstić information content (AvgIpc) is 2.86. The zero-order valence-electron chi connectivity index (χ0n) is 8.25. The minimum absolute atomic E-state index is 0.356. The highest BCUT2D eigenvalue weighted by atomic mass is 32.1. The van der Waals surface area contributed by atoms with Crippen molar-refractivity contribution in [1.82, 2.24) is 9.55 Å². The number of carbonyl (C=O) groups is 1. The number of thiophene rings is 1. The number of primary amides is 1. The van der Waals surface area contributed by atoms with Gasteiger partial charge in [0.2, 0.25) is 5.91 Å². The van der Waals surface area contributed by atoms with Crippen molar-refractivity contribution in [2.75, 3.05) is 0 Å². The van der Waals surface area contributed by atoms with E-state index in [1.54, 1.807) is 35.2 Å². The van der Waals surface area contributed by atoms with E-state index in [0.717, 1.165) is 10.7 Å². The number of nitrogens with two attached hydrogens (primary N) is 1. The van der Waals surface area contributed by atoms with Crippen molar-refractivity contribution < 1.29 is 4.79 Å². The van der Waals surface area contributed by atoms with Gasteiger partial charge in [0.05, 0.1) is 4.88 Å². The highest BCUT2D eigenvalue weighted by Gasteiger charge is 2.15. The van der Waals surface area contributed by atoms with Crippen LogP contribution in [0.15, 0.2) is 29.9 Å². The Morgan fingerprint density at radius 1 is 1.67 bits per heavy atom. The summed E-state index contributed by atoms with van der Waals surface area (Å²) in [7, 11) is 0. The highest BCUT2D eigenvalue weighted by molar-refractivity contribution is 7.13. The topological polar surface area (TPSA) is 60.9 Å². The summed E-state index contributed by atoms with van der Waals surface area (Å²) >= 11 is 1.59. The molecule has 0 fully saturated rings. The minimum atomic E-state index is -0.371. The number of hydrogen-bond acceptors (Lipinski definition) is 3. The van der Waals surface area contributed by atoms with E-state index in [1.807, 2.05) is 17.5 Å². The molecule has 2 aromatic rings. The van der Waals surface area contributed by atoms with E-state index in [1.165, 1.54) is 0 Å². The first-order valence-electron chi connectivity index (χ1n) is 4.56. The lowest BCUT2D eigenvalue weighted by atomic mass is 10.3. The lowest BCUT2D eigenvalue weighted by molar-refractivity contribution is -0.120. The predicted molar refractivity (Wildman–Crippen MR) is 59.4 cm³/mol. The summed E-state index contributed by atoms with van der Waals surface area (Å²) in [4.78, 5) is 16.4. The minimum Gasteiger partial charge on any atom is -0.368 e. The number of rotatable bonds is 3. The van der Waals surface area contributed by atoms with Crippen molar-refractivity contribution in [2.45, 2.75) is 13.0 Å². The monoisotopic (exact) mass is 221 g/mol. The number of nitrogens with zero attached hydrogens (tertiary/aromatic N) is 2. The first-order valence-corrected chi connectivity index (χ1v) is 5.44. The van der Waals surface area contributed by atoms with Gasteiger partial charge < -0.3 is 10.3 Å². The normalized spacial score (nSPS) is 12.6. The fourth-order valence-corrected chi connectivity index (χ4v) is 2.08. The molecule has 0 aliphatic heterocycles.